The highest BCUT2D eigenvalue weighted by molar-refractivity contribution is 6.46. The Kier molecular flexibility index (Phi) is 6.47. The summed E-state index contributed by atoms with van der Waals surface area (Å²) in [7, 11) is 0. The minimum absolute atomic E-state index is 0.00564. The second-order valence-electron chi connectivity index (χ2n) is 10.4. The van der Waals surface area contributed by atoms with Gasteiger partial charge in [-0.15, -0.1) is 0 Å². The summed E-state index contributed by atoms with van der Waals surface area (Å²) < 4.78 is 0. The minimum Gasteiger partial charge on any atom is -0.507 e. The lowest BCUT2D eigenvalue weighted by molar-refractivity contribution is -0.139. The van der Waals surface area contributed by atoms with E-state index >= 15 is 0 Å². The molecule has 0 spiro atoms. The lowest BCUT2D eigenvalue weighted by Gasteiger charge is -2.26. The molecule has 0 bridgehead atoms. The number of carbonyl (C=O) groups excluding carboxylic acids is 2. The van der Waals surface area contributed by atoms with Gasteiger partial charge in [0.05, 0.1) is 11.6 Å². The fraction of sp³-hybridized carbons (Fsp3) is 0.448. The molecule has 2 aromatic carbocycles. The van der Waals surface area contributed by atoms with E-state index in [-0.39, 0.29) is 16.7 Å². The van der Waals surface area contributed by atoms with Crippen LogP contribution in [0.5, 0.6) is 0 Å². The van der Waals surface area contributed by atoms with Crippen LogP contribution in [-0.2, 0) is 27.8 Å². The fourth-order valence-electron chi connectivity index (χ4n) is 4.99. The Morgan fingerprint density at radius 1 is 1.00 bits per heavy atom. The molecule has 1 unspecified atom stereocenters. The minimum atomic E-state index is -0.591. The maximum atomic E-state index is 13.2. The summed E-state index contributed by atoms with van der Waals surface area (Å²) >= 11 is 0. The second kappa shape index (κ2) is 9.17. The standard InChI is InChI=1S/C29H35NO3/c1-5-6-17-30-25(20-13-15-23(16-14-20)29(2,3)4)24(27(32)28(30)33)26(31)22-12-11-19-9-7-8-10-21(19)18-22/h11-16,18,25,31H,5-10,17H2,1-4H3/b26-24-. The van der Waals surface area contributed by atoms with E-state index in [4.69, 9.17) is 0 Å². The molecule has 1 atom stereocenters. The number of ketones is 1. The Balaban J connectivity index is 1.81. The van der Waals surface area contributed by atoms with Gasteiger partial charge in [-0.1, -0.05) is 70.5 Å². The number of Topliss-reactive ketones (excluding diaryl/α,β-unsaturated/α-hetero) is 1. The maximum absolute atomic E-state index is 13.2. The van der Waals surface area contributed by atoms with Crippen LogP contribution in [0.1, 0.15) is 87.2 Å². The van der Waals surface area contributed by atoms with Crippen molar-refractivity contribution in [1.29, 1.82) is 0 Å². The van der Waals surface area contributed by atoms with Crippen molar-refractivity contribution in [2.45, 2.75) is 77.7 Å². The first-order valence-electron chi connectivity index (χ1n) is 12.2. The van der Waals surface area contributed by atoms with Crippen molar-refractivity contribution >= 4 is 17.4 Å². The van der Waals surface area contributed by atoms with Crippen LogP contribution in [0.15, 0.2) is 48.0 Å². The molecule has 1 amide bonds. The summed E-state index contributed by atoms with van der Waals surface area (Å²) in [6, 6.07) is 13.5. The Hall–Kier alpha value is -2.88. The fourth-order valence-corrected chi connectivity index (χ4v) is 4.99. The number of unbranched alkanes of at least 4 members (excludes halogenated alkanes) is 1. The van der Waals surface area contributed by atoms with E-state index in [1.165, 1.54) is 23.1 Å². The van der Waals surface area contributed by atoms with E-state index in [0.717, 1.165) is 37.7 Å². The van der Waals surface area contributed by atoms with Gasteiger partial charge in [-0.2, -0.15) is 0 Å². The molecule has 2 aromatic rings. The Labute approximate surface area is 197 Å². The van der Waals surface area contributed by atoms with Crippen LogP contribution >= 0.6 is 0 Å². The summed E-state index contributed by atoms with van der Waals surface area (Å²) in [5.74, 6) is -1.18. The van der Waals surface area contributed by atoms with Crippen molar-refractivity contribution in [3.63, 3.8) is 0 Å². The molecule has 1 fully saturated rings. The third-order valence-corrected chi connectivity index (χ3v) is 7.01. The number of likely N-dealkylation sites (tertiary alicyclic amines) is 1. The molecular formula is C29H35NO3. The van der Waals surface area contributed by atoms with Crippen LogP contribution in [0, 0.1) is 0 Å². The Morgan fingerprint density at radius 2 is 1.67 bits per heavy atom. The van der Waals surface area contributed by atoms with Crippen molar-refractivity contribution in [3.8, 4) is 0 Å². The lowest BCUT2D eigenvalue weighted by atomic mass is 9.85. The van der Waals surface area contributed by atoms with Crippen molar-refractivity contribution in [1.82, 2.24) is 4.90 Å². The molecule has 4 nitrogen and oxygen atoms in total. The third-order valence-electron chi connectivity index (χ3n) is 7.01. The van der Waals surface area contributed by atoms with E-state index in [9.17, 15) is 14.7 Å². The van der Waals surface area contributed by atoms with Crippen LogP contribution in [0.2, 0.25) is 0 Å². The van der Waals surface area contributed by atoms with Crippen molar-refractivity contribution < 1.29 is 14.7 Å². The number of aliphatic hydroxyl groups is 1. The van der Waals surface area contributed by atoms with E-state index in [0.29, 0.717) is 12.1 Å². The van der Waals surface area contributed by atoms with Crippen LogP contribution in [0.25, 0.3) is 5.76 Å². The molecule has 33 heavy (non-hydrogen) atoms. The maximum Gasteiger partial charge on any atom is 0.295 e. The first-order chi connectivity index (χ1) is 15.7. The van der Waals surface area contributed by atoms with Gasteiger partial charge in [0, 0.05) is 12.1 Å². The van der Waals surface area contributed by atoms with Crippen molar-refractivity contribution in [2.75, 3.05) is 6.54 Å². The van der Waals surface area contributed by atoms with Gasteiger partial charge in [-0.05, 0) is 65.8 Å². The molecule has 174 valence electrons. The molecule has 1 heterocycles. The molecule has 0 aromatic heterocycles. The van der Waals surface area contributed by atoms with Crippen LogP contribution < -0.4 is 0 Å². The summed E-state index contributed by atoms with van der Waals surface area (Å²) in [5, 5.41) is 11.3. The number of carbonyl (C=O) groups is 2. The van der Waals surface area contributed by atoms with Gasteiger partial charge < -0.3 is 10.0 Å². The number of rotatable bonds is 5. The van der Waals surface area contributed by atoms with Crippen molar-refractivity contribution in [3.05, 3.63) is 75.9 Å². The predicted octanol–water partition coefficient (Wildman–Crippen LogP) is 6.08. The smallest absolute Gasteiger partial charge is 0.295 e. The van der Waals surface area contributed by atoms with Gasteiger partial charge in [0.2, 0.25) is 0 Å². The van der Waals surface area contributed by atoms with E-state index in [1.54, 1.807) is 4.90 Å². The van der Waals surface area contributed by atoms with Gasteiger partial charge in [0.15, 0.2) is 0 Å². The largest absolute Gasteiger partial charge is 0.507 e. The van der Waals surface area contributed by atoms with E-state index < -0.39 is 17.7 Å². The first-order valence-corrected chi connectivity index (χ1v) is 12.2. The number of aliphatic hydroxyl groups excluding tert-OH is 1. The number of aryl methyl sites for hydroxylation is 2. The molecule has 1 N–H and O–H groups in total. The summed E-state index contributed by atoms with van der Waals surface area (Å²) in [5.41, 5.74) is 5.43. The molecule has 4 rings (SSSR count). The number of fused-ring (bicyclic) bond motifs is 1. The molecule has 1 aliphatic carbocycles. The molecule has 1 saturated heterocycles. The van der Waals surface area contributed by atoms with E-state index in [2.05, 4.69) is 45.9 Å². The number of nitrogens with zero attached hydrogens (tertiary/aromatic N) is 1. The van der Waals surface area contributed by atoms with E-state index in [1.807, 2.05) is 24.3 Å². The Morgan fingerprint density at radius 3 is 2.30 bits per heavy atom. The van der Waals surface area contributed by atoms with Gasteiger partial charge in [-0.25, -0.2) is 0 Å². The highest BCUT2D eigenvalue weighted by Gasteiger charge is 2.45. The van der Waals surface area contributed by atoms with Crippen LogP contribution in [0.3, 0.4) is 0 Å². The highest BCUT2D eigenvalue weighted by Crippen LogP contribution is 2.40. The number of hydrogen-bond acceptors (Lipinski definition) is 3. The van der Waals surface area contributed by atoms with Gasteiger partial charge in [0.1, 0.15) is 5.76 Å². The molecular weight excluding hydrogens is 410 g/mol. The average molecular weight is 446 g/mol. The summed E-state index contributed by atoms with van der Waals surface area (Å²) in [6.45, 7) is 9.03. The number of hydrogen-bond donors (Lipinski definition) is 1. The predicted molar refractivity (Wildman–Crippen MR) is 132 cm³/mol. The van der Waals surface area contributed by atoms with Gasteiger partial charge >= 0.3 is 0 Å². The molecule has 1 aliphatic heterocycles. The van der Waals surface area contributed by atoms with Crippen LogP contribution in [-0.4, -0.2) is 28.2 Å². The van der Waals surface area contributed by atoms with Gasteiger partial charge in [0.25, 0.3) is 11.7 Å². The molecule has 0 radical (unpaired) electrons. The molecule has 2 aliphatic rings. The average Bonchev–Trinajstić information content (AvgIpc) is 3.06. The van der Waals surface area contributed by atoms with Gasteiger partial charge in [-0.3, -0.25) is 9.59 Å². The zero-order chi connectivity index (χ0) is 23.8. The molecule has 0 saturated carbocycles. The topological polar surface area (TPSA) is 57.6 Å². The highest BCUT2D eigenvalue weighted by atomic mass is 16.3. The third kappa shape index (κ3) is 4.48. The number of amides is 1. The normalized spacial score (nSPS) is 20.2. The zero-order valence-corrected chi connectivity index (χ0v) is 20.3. The first kappa shape index (κ1) is 23.3. The zero-order valence-electron chi connectivity index (χ0n) is 20.3. The Bertz CT molecular complexity index is 1090. The monoisotopic (exact) mass is 445 g/mol. The summed E-state index contributed by atoms with van der Waals surface area (Å²) in [6.07, 6.45) is 6.09. The quantitative estimate of drug-likeness (QED) is 0.344. The van der Waals surface area contributed by atoms with Crippen LogP contribution in [0.4, 0.5) is 0 Å². The summed E-state index contributed by atoms with van der Waals surface area (Å²) in [4.78, 5) is 27.9. The molecule has 4 heteroatoms. The number of benzene rings is 2. The van der Waals surface area contributed by atoms with Crippen molar-refractivity contribution in [2.24, 2.45) is 0 Å². The second-order valence-corrected chi connectivity index (χ2v) is 10.4. The SMILES string of the molecule is CCCCN1C(=O)C(=O)/C(=C(\O)c2ccc3c(c2)CCCC3)C1c1ccc(C(C)(C)C)cc1. The lowest BCUT2D eigenvalue weighted by Crippen LogP contribution is -2.30.